The molecule has 132 valence electrons. The molecule has 0 saturated carbocycles. The van der Waals surface area contributed by atoms with Crippen molar-refractivity contribution in [1.29, 1.82) is 0 Å². The van der Waals surface area contributed by atoms with E-state index in [1.54, 1.807) is 0 Å². The Kier molecular flexibility index (Phi) is 4.96. The molecule has 2 aromatic rings. The minimum Gasteiger partial charge on any atom is -0.486 e. The van der Waals surface area contributed by atoms with Crippen LogP contribution in [0, 0.1) is 0 Å². The summed E-state index contributed by atoms with van der Waals surface area (Å²) < 4.78 is 12.9. The van der Waals surface area contributed by atoms with Gasteiger partial charge in [-0.2, -0.15) is 0 Å². The number of hydrogen-bond acceptors (Lipinski definition) is 7. The molecule has 9 heteroatoms. The molecule has 0 radical (unpaired) electrons. The predicted molar refractivity (Wildman–Crippen MR) is 105 cm³/mol. The van der Waals surface area contributed by atoms with Gasteiger partial charge in [0.15, 0.2) is 16.6 Å². The third-order valence-corrected chi connectivity index (χ3v) is 6.45. The van der Waals surface area contributed by atoms with Crippen molar-refractivity contribution >= 4 is 60.9 Å². The Morgan fingerprint density at radius 1 is 1.28 bits per heavy atom. The molecule has 6 nitrogen and oxygen atoms in total. The highest BCUT2D eigenvalue weighted by atomic mass is 32.2. The number of hydrogen-bond donors (Lipinski definition) is 1. The number of ether oxygens (including phenoxy) is 2. The second-order valence-electron chi connectivity index (χ2n) is 5.78. The number of anilines is 1. The molecular weight excluding hydrogens is 378 g/mol. The fourth-order valence-corrected chi connectivity index (χ4v) is 4.74. The first-order chi connectivity index (χ1) is 12.2. The number of carbonyl (C=O) groups excluding carboxylic acids is 1. The number of thiazole rings is 1. The summed E-state index contributed by atoms with van der Waals surface area (Å²) in [4.78, 5) is 18.8. The molecule has 1 N–H and O–H groups in total. The number of thioether (sulfide) groups is 1. The molecule has 0 aliphatic carbocycles. The van der Waals surface area contributed by atoms with Crippen LogP contribution >= 0.6 is 35.3 Å². The van der Waals surface area contributed by atoms with Crippen molar-refractivity contribution in [3.05, 3.63) is 12.1 Å². The van der Waals surface area contributed by atoms with Gasteiger partial charge in [-0.05, 0) is 12.8 Å². The fraction of sp³-hybridized carbons (Fsp3) is 0.438. The van der Waals surface area contributed by atoms with Crippen molar-refractivity contribution < 1.29 is 14.3 Å². The highest BCUT2D eigenvalue weighted by Gasteiger charge is 2.18. The third-order valence-electron chi connectivity index (χ3n) is 3.99. The van der Waals surface area contributed by atoms with Crippen LogP contribution in [0.4, 0.5) is 5.13 Å². The smallest absolute Gasteiger partial charge is 0.236 e. The van der Waals surface area contributed by atoms with Gasteiger partial charge in [-0.1, -0.05) is 35.3 Å². The summed E-state index contributed by atoms with van der Waals surface area (Å²) in [6.45, 7) is 3.09. The zero-order chi connectivity index (χ0) is 17.2. The monoisotopic (exact) mass is 395 g/mol. The van der Waals surface area contributed by atoms with Gasteiger partial charge < -0.3 is 19.7 Å². The summed E-state index contributed by atoms with van der Waals surface area (Å²) in [5.74, 6) is 1.64. The quantitative estimate of drug-likeness (QED) is 0.801. The van der Waals surface area contributed by atoms with Gasteiger partial charge in [-0.3, -0.25) is 4.79 Å². The molecule has 2 aliphatic rings. The first kappa shape index (κ1) is 16.9. The van der Waals surface area contributed by atoms with E-state index in [1.807, 2.05) is 12.1 Å². The first-order valence-corrected chi connectivity index (χ1v) is 10.3. The van der Waals surface area contributed by atoms with Gasteiger partial charge in [0.2, 0.25) is 5.91 Å². The van der Waals surface area contributed by atoms with E-state index in [0.29, 0.717) is 29.8 Å². The van der Waals surface area contributed by atoms with Crippen molar-refractivity contribution in [3.63, 3.8) is 0 Å². The minimum atomic E-state index is -0.0946. The number of nitrogens with zero attached hydrogens (tertiary/aromatic N) is 2. The first-order valence-electron chi connectivity index (χ1n) is 8.11. The molecule has 4 rings (SSSR count). The highest BCUT2D eigenvalue weighted by Crippen LogP contribution is 2.37. The summed E-state index contributed by atoms with van der Waals surface area (Å²) >= 11 is 8.22. The Hall–Kier alpha value is -1.58. The van der Waals surface area contributed by atoms with Crippen LogP contribution in [-0.2, 0) is 4.79 Å². The van der Waals surface area contributed by atoms with Crippen LogP contribution in [-0.4, -0.2) is 52.2 Å². The largest absolute Gasteiger partial charge is 0.486 e. The van der Waals surface area contributed by atoms with Gasteiger partial charge >= 0.3 is 0 Å². The molecule has 1 fully saturated rings. The third kappa shape index (κ3) is 3.83. The van der Waals surface area contributed by atoms with Crippen LogP contribution in [0.2, 0.25) is 0 Å². The van der Waals surface area contributed by atoms with Crippen molar-refractivity contribution in [2.24, 2.45) is 0 Å². The number of thiocarbonyl (C=S) groups is 1. The lowest BCUT2D eigenvalue weighted by atomic mass is 10.3. The van der Waals surface area contributed by atoms with Gasteiger partial charge in [0.25, 0.3) is 0 Å². The Morgan fingerprint density at radius 3 is 2.76 bits per heavy atom. The maximum Gasteiger partial charge on any atom is 0.236 e. The van der Waals surface area contributed by atoms with E-state index >= 15 is 0 Å². The molecule has 25 heavy (non-hydrogen) atoms. The van der Waals surface area contributed by atoms with Crippen molar-refractivity contribution in [3.8, 4) is 11.5 Å². The average molecular weight is 396 g/mol. The predicted octanol–water partition coefficient (Wildman–Crippen LogP) is 3.12. The topological polar surface area (TPSA) is 63.7 Å². The lowest BCUT2D eigenvalue weighted by molar-refractivity contribution is -0.113. The van der Waals surface area contributed by atoms with Crippen LogP contribution in [0.1, 0.15) is 12.8 Å². The molecule has 1 saturated heterocycles. The Labute approximate surface area is 158 Å². The van der Waals surface area contributed by atoms with Crippen LogP contribution in [0.25, 0.3) is 10.2 Å². The number of likely N-dealkylation sites (tertiary alicyclic amines) is 1. The number of carbonyl (C=O) groups is 1. The average Bonchev–Trinajstić information content (AvgIpc) is 3.26. The molecule has 1 amide bonds. The lowest BCUT2D eigenvalue weighted by Crippen LogP contribution is -2.25. The van der Waals surface area contributed by atoms with E-state index in [-0.39, 0.29) is 5.91 Å². The SMILES string of the molecule is O=C(CSC(=S)N1CCCC1)Nc1nc2cc3c(cc2s1)OCCO3. The van der Waals surface area contributed by atoms with Gasteiger partial charge in [-0.15, -0.1) is 0 Å². The molecule has 1 aromatic heterocycles. The van der Waals surface area contributed by atoms with E-state index in [0.717, 1.165) is 33.4 Å². The van der Waals surface area contributed by atoms with Crippen LogP contribution in [0.15, 0.2) is 12.1 Å². The molecular formula is C16H17N3O3S3. The second kappa shape index (κ2) is 7.35. The Morgan fingerprint density at radius 2 is 2.00 bits per heavy atom. The minimum absolute atomic E-state index is 0.0946. The summed E-state index contributed by atoms with van der Waals surface area (Å²) in [7, 11) is 0. The van der Waals surface area contributed by atoms with E-state index in [2.05, 4.69) is 15.2 Å². The van der Waals surface area contributed by atoms with Crippen molar-refractivity contribution in [2.75, 3.05) is 37.4 Å². The van der Waals surface area contributed by atoms with Gasteiger partial charge in [0, 0.05) is 25.2 Å². The maximum absolute atomic E-state index is 12.2. The number of benzene rings is 1. The summed E-state index contributed by atoms with van der Waals surface area (Å²) in [6.07, 6.45) is 2.35. The molecule has 1 aromatic carbocycles. The zero-order valence-corrected chi connectivity index (χ0v) is 15.9. The molecule has 0 spiro atoms. The Bertz CT molecular complexity index is 775. The normalized spacial score (nSPS) is 16.2. The van der Waals surface area contributed by atoms with Crippen molar-refractivity contribution in [1.82, 2.24) is 9.88 Å². The molecule has 0 unspecified atom stereocenters. The molecule has 0 atom stereocenters. The molecule has 3 heterocycles. The maximum atomic E-state index is 12.2. The van der Waals surface area contributed by atoms with E-state index < -0.39 is 0 Å². The van der Waals surface area contributed by atoms with E-state index in [4.69, 9.17) is 21.7 Å². The van der Waals surface area contributed by atoms with Gasteiger partial charge in [0.05, 0.1) is 16.0 Å². The van der Waals surface area contributed by atoms with Crippen molar-refractivity contribution in [2.45, 2.75) is 12.8 Å². The number of fused-ring (bicyclic) bond motifs is 2. The Balaban J connectivity index is 1.38. The zero-order valence-electron chi connectivity index (χ0n) is 13.4. The lowest BCUT2D eigenvalue weighted by Gasteiger charge is -2.17. The van der Waals surface area contributed by atoms with E-state index in [1.165, 1.54) is 35.9 Å². The second-order valence-corrected chi connectivity index (χ2v) is 8.42. The molecule has 2 aliphatic heterocycles. The summed E-state index contributed by atoms with van der Waals surface area (Å²) in [5.41, 5.74) is 0.796. The summed E-state index contributed by atoms with van der Waals surface area (Å²) in [5, 5.41) is 3.43. The van der Waals surface area contributed by atoms with Crippen LogP contribution < -0.4 is 14.8 Å². The standard InChI is InChI=1S/C16H17N3O3S3/c20-14(9-24-16(23)19-3-1-2-4-19)18-15-17-10-7-11-12(8-13(10)25-15)22-6-5-21-11/h7-8H,1-6,9H2,(H,17,18,20). The fourth-order valence-electron chi connectivity index (χ4n) is 2.79. The van der Waals surface area contributed by atoms with Gasteiger partial charge in [-0.25, -0.2) is 4.98 Å². The molecule has 0 bridgehead atoms. The number of rotatable bonds is 3. The van der Waals surface area contributed by atoms with E-state index in [9.17, 15) is 4.79 Å². The summed E-state index contributed by atoms with van der Waals surface area (Å²) in [6, 6.07) is 3.77. The van der Waals surface area contributed by atoms with Gasteiger partial charge in [0.1, 0.15) is 17.5 Å². The highest BCUT2D eigenvalue weighted by molar-refractivity contribution is 8.23. The van der Waals surface area contributed by atoms with Crippen LogP contribution in [0.5, 0.6) is 11.5 Å². The van der Waals surface area contributed by atoms with Crippen LogP contribution in [0.3, 0.4) is 0 Å². The number of aromatic nitrogens is 1. The number of nitrogens with one attached hydrogen (secondary N) is 1. The number of amides is 1.